The number of ether oxygens (including phenoxy) is 1. The third-order valence-corrected chi connectivity index (χ3v) is 10.0. The number of carbonyl (C=O) groups excluding carboxylic acids is 1. The molecule has 1 amide bonds. The number of piperidine rings is 1. The van der Waals surface area contributed by atoms with Crippen molar-refractivity contribution in [2.24, 2.45) is 11.7 Å². The van der Waals surface area contributed by atoms with E-state index >= 15 is 0 Å². The number of nitrogens with zero attached hydrogens (tertiary/aromatic N) is 5. The lowest BCUT2D eigenvalue weighted by molar-refractivity contribution is -0.136. The molecule has 2 aromatic heterocycles. The van der Waals surface area contributed by atoms with Gasteiger partial charge in [0, 0.05) is 58.4 Å². The van der Waals surface area contributed by atoms with Crippen molar-refractivity contribution in [1.82, 2.24) is 27.7 Å². The van der Waals surface area contributed by atoms with Gasteiger partial charge in [-0.3, -0.25) is 4.79 Å². The second-order valence-corrected chi connectivity index (χ2v) is 12.7. The molecule has 3 atom stereocenters. The third kappa shape index (κ3) is 4.96. The monoisotopic (exact) mass is 581 g/mol. The highest BCUT2D eigenvalue weighted by Gasteiger charge is 2.44. The number of H-pyrrole nitrogens is 1. The first kappa shape index (κ1) is 27.6. The number of hydrogen-bond donors (Lipinski definition) is 2. The number of likely N-dealkylation sites (tertiary alicyclic amines) is 1. The van der Waals surface area contributed by atoms with E-state index in [0.717, 1.165) is 50.9 Å². The van der Waals surface area contributed by atoms with Gasteiger partial charge < -0.3 is 24.9 Å². The van der Waals surface area contributed by atoms with Gasteiger partial charge in [-0.05, 0) is 43.5 Å². The molecule has 0 unspecified atom stereocenters. The van der Waals surface area contributed by atoms with Crippen LogP contribution in [0.15, 0.2) is 53.3 Å². The van der Waals surface area contributed by atoms with E-state index in [1.54, 1.807) is 31.4 Å². The molecule has 0 bridgehead atoms. The highest BCUT2D eigenvalue weighted by Crippen LogP contribution is 2.32. The normalized spacial score (nSPS) is 22.2. The quantitative estimate of drug-likeness (QED) is 0.299. The smallest absolute Gasteiger partial charge is 0.341 e. The number of imidazole rings is 2. The Balaban J connectivity index is 1.21. The molecule has 2 fully saturated rings. The molecular weight excluding hydrogens is 546 g/mol. The molecule has 6 rings (SSSR count). The van der Waals surface area contributed by atoms with Crippen molar-refractivity contribution in [1.29, 1.82) is 0 Å². The van der Waals surface area contributed by atoms with Gasteiger partial charge in [0.2, 0.25) is 5.91 Å². The number of amides is 1. The van der Waals surface area contributed by atoms with Gasteiger partial charge in [0.15, 0.2) is 0 Å². The molecule has 13 heteroatoms. The van der Waals surface area contributed by atoms with Gasteiger partial charge in [-0.1, -0.05) is 24.3 Å². The Labute approximate surface area is 237 Å². The zero-order valence-electron chi connectivity index (χ0n) is 23.0. The zero-order chi connectivity index (χ0) is 28.7. The largest absolute Gasteiger partial charge is 0.385 e. The number of fused-ring (bicyclic) bond motifs is 2. The number of aryl methyl sites for hydroxylation is 1. The van der Waals surface area contributed by atoms with Crippen LogP contribution in [0.4, 0.5) is 0 Å². The van der Waals surface area contributed by atoms with Crippen molar-refractivity contribution in [2.75, 3.05) is 39.9 Å². The van der Waals surface area contributed by atoms with Gasteiger partial charge in [-0.25, -0.2) is 9.78 Å². The first-order valence-corrected chi connectivity index (χ1v) is 15.4. The number of aromatic amines is 1. The summed E-state index contributed by atoms with van der Waals surface area (Å²) >= 11 is 0. The Hall–Kier alpha value is -3.52. The van der Waals surface area contributed by atoms with Gasteiger partial charge in [0.1, 0.15) is 5.82 Å². The van der Waals surface area contributed by atoms with E-state index in [0.29, 0.717) is 25.2 Å². The lowest BCUT2D eigenvalue weighted by Gasteiger charge is -2.35. The van der Waals surface area contributed by atoms with E-state index in [4.69, 9.17) is 15.5 Å². The molecule has 2 aliphatic rings. The van der Waals surface area contributed by atoms with Crippen LogP contribution in [-0.2, 0) is 26.3 Å². The molecule has 0 saturated carbocycles. The summed E-state index contributed by atoms with van der Waals surface area (Å²) in [4.78, 5) is 35.8. The summed E-state index contributed by atoms with van der Waals surface area (Å²) < 4.78 is 36.5. The Morgan fingerprint density at radius 1 is 1.10 bits per heavy atom. The van der Waals surface area contributed by atoms with Crippen molar-refractivity contribution in [3.05, 3.63) is 64.8 Å². The number of carbonyl (C=O) groups is 1. The van der Waals surface area contributed by atoms with Crippen LogP contribution in [0.3, 0.4) is 0 Å². The van der Waals surface area contributed by atoms with E-state index in [1.165, 1.54) is 0 Å². The van der Waals surface area contributed by atoms with Crippen LogP contribution in [-0.4, -0.2) is 88.0 Å². The molecule has 2 saturated heterocycles. The minimum absolute atomic E-state index is 0.0444. The van der Waals surface area contributed by atoms with Crippen molar-refractivity contribution in [2.45, 2.75) is 37.8 Å². The second-order valence-electron chi connectivity index (χ2n) is 10.9. The molecule has 41 heavy (non-hydrogen) atoms. The number of para-hydroxylation sites is 4. The Bertz CT molecular complexity index is 1740. The van der Waals surface area contributed by atoms with Gasteiger partial charge in [-0.15, -0.1) is 0 Å². The highest BCUT2D eigenvalue weighted by atomic mass is 32.2. The molecule has 0 aliphatic carbocycles. The van der Waals surface area contributed by atoms with E-state index in [-0.39, 0.29) is 30.4 Å². The summed E-state index contributed by atoms with van der Waals surface area (Å²) in [5.74, 6) is 0.140. The van der Waals surface area contributed by atoms with Crippen molar-refractivity contribution < 1.29 is 17.9 Å². The molecular formula is C28H35N7O5S. The van der Waals surface area contributed by atoms with E-state index < -0.39 is 27.9 Å². The summed E-state index contributed by atoms with van der Waals surface area (Å²) in [6, 6.07) is 14.0. The lowest BCUT2D eigenvalue weighted by Crippen LogP contribution is -2.47. The van der Waals surface area contributed by atoms with Crippen LogP contribution in [0.25, 0.3) is 22.1 Å². The third-order valence-electron chi connectivity index (χ3n) is 8.27. The van der Waals surface area contributed by atoms with Gasteiger partial charge >= 0.3 is 15.9 Å². The molecule has 12 nitrogen and oxygen atoms in total. The minimum Gasteiger partial charge on any atom is -0.385 e. The molecule has 0 radical (unpaired) electrons. The molecule has 2 aromatic carbocycles. The van der Waals surface area contributed by atoms with E-state index in [1.807, 2.05) is 23.1 Å². The molecule has 218 valence electrons. The maximum atomic E-state index is 13.8. The van der Waals surface area contributed by atoms with Crippen molar-refractivity contribution in [3.8, 4) is 0 Å². The Morgan fingerprint density at radius 2 is 1.85 bits per heavy atom. The maximum absolute atomic E-state index is 13.8. The standard InChI is InChI=1S/C28H35N7O5S/c1-40-15-7-14-34-24-11-4-2-9-22(24)30-26(34)19-8-6-13-32(16-19)27(36)20-17-33(18-21(20)29)41(38,39)35-25-12-5-3-10-23(25)31-28(35)37/h2-5,9-12,19-21H,6-8,13-18,29H2,1H3,(H,31,37)/t19-,20-,21-/m1/s1. The van der Waals surface area contributed by atoms with Gasteiger partial charge in [0.25, 0.3) is 0 Å². The fourth-order valence-electron chi connectivity index (χ4n) is 6.25. The molecule has 2 aliphatic heterocycles. The predicted molar refractivity (Wildman–Crippen MR) is 155 cm³/mol. The fraction of sp³-hybridized carbons (Fsp3) is 0.464. The van der Waals surface area contributed by atoms with Crippen LogP contribution in [0, 0.1) is 5.92 Å². The van der Waals surface area contributed by atoms with Crippen LogP contribution in [0.2, 0.25) is 0 Å². The number of nitrogens with two attached hydrogens (primary N) is 1. The van der Waals surface area contributed by atoms with Gasteiger partial charge in [-0.2, -0.15) is 16.7 Å². The van der Waals surface area contributed by atoms with E-state index in [2.05, 4.69) is 15.6 Å². The lowest BCUT2D eigenvalue weighted by atomic mass is 9.94. The number of benzene rings is 2. The molecule has 0 spiro atoms. The Morgan fingerprint density at radius 3 is 2.66 bits per heavy atom. The number of aromatic nitrogens is 4. The summed E-state index contributed by atoms with van der Waals surface area (Å²) in [7, 11) is -2.55. The highest BCUT2D eigenvalue weighted by molar-refractivity contribution is 7.87. The maximum Gasteiger partial charge on any atom is 0.341 e. The fourth-order valence-corrected chi connectivity index (χ4v) is 7.85. The van der Waals surface area contributed by atoms with Crippen LogP contribution >= 0.6 is 0 Å². The van der Waals surface area contributed by atoms with Crippen LogP contribution < -0.4 is 11.4 Å². The molecule has 4 heterocycles. The summed E-state index contributed by atoms with van der Waals surface area (Å²) in [5.41, 5.74) is 8.31. The SMILES string of the molecule is COCCCn1c([C@@H]2CCCN(C(=O)[C@@H]3CN(S(=O)(=O)n4c(=O)[nH]c5ccccc54)C[C@H]3N)C2)nc2ccccc21. The molecule has 4 aromatic rings. The zero-order valence-corrected chi connectivity index (χ0v) is 23.8. The van der Waals surface area contributed by atoms with Crippen LogP contribution in [0.1, 0.15) is 31.0 Å². The second kappa shape index (κ2) is 11.0. The first-order valence-electron chi connectivity index (χ1n) is 14.0. The van der Waals surface area contributed by atoms with Crippen molar-refractivity contribution in [3.63, 3.8) is 0 Å². The minimum atomic E-state index is -4.24. The van der Waals surface area contributed by atoms with Gasteiger partial charge in [0.05, 0.1) is 28.0 Å². The topological polar surface area (TPSA) is 149 Å². The number of hydrogen-bond acceptors (Lipinski definition) is 7. The number of rotatable bonds is 8. The first-order chi connectivity index (χ1) is 19.8. The average molecular weight is 582 g/mol. The number of nitrogens with one attached hydrogen (secondary N) is 1. The van der Waals surface area contributed by atoms with Crippen molar-refractivity contribution >= 4 is 38.2 Å². The molecule has 3 N–H and O–H groups in total. The number of methoxy groups -OCH3 is 1. The predicted octanol–water partition coefficient (Wildman–Crippen LogP) is 1.47. The summed E-state index contributed by atoms with van der Waals surface area (Å²) in [6.45, 7) is 2.36. The summed E-state index contributed by atoms with van der Waals surface area (Å²) in [6.07, 6.45) is 2.56. The van der Waals surface area contributed by atoms with E-state index in [9.17, 15) is 18.0 Å². The van der Waals surface area contributed by atoms with Crippen LogP contribution in [0.5, 0.6) is 0 Å². The average Bonchev–Trinajstić information content (AvgIpc) is 3.65. The Kier molecular flexibility index (Phi) is 7.45. The summed E-state index contributed by atoms with van der Waals surface area (Å²) in [5, 5.41) is 0.